The third-order valence-corrected chi connectivity index (χ3v) is 5.89. The van der Waals surface area contributed by atoms with E-state index in [1.807, 2.05) is 11.9 Å². The van der Waals surface area contributed by atoms with Crippen molar-refractivity contribution in [1.29, 1.82) is 0 Å². The van der Waals surface area contributed by atoms with Gasteiger partial charge in [0.1, 0.15) is 0 Å². The fourth-order valence-electron chi connectivity index (χ4n) is 3.25. The molecule has 27 heavy (non-hydrogen) atoms. The molecule has 146 valence electrons. The lowest BCUT2D eigenvalue weighted by Crippen LogP contribution is -2.40. The molecule has 1 aliphatic heterocycles. The second-order valence-electron chi connectivity index (χ2n) is 6.35. The molecule has 1 saturated heterocycles. The summed E-state index contributed by atoms with van der Waals surface area (Å²) in [6.07, 6.45) is 1.96. The Labute approximate surface area is 166 Å². The number of sulfonamides is 1. The Kier molecular flexibility index (Phi) is 7.24. The Balaban J connectivity index is 0.00000261. The molecule has 1 heterocycles. The second kappa shape index (κ2) is 9.21. The third-order valence-electron chi connectivity index (χ3n) is 4.49. The van der Waals surface area contributed by atoms with Crippen LogP contribution in [0.5, 0.6) is 0 Å². The molecule has 3 rings (SSSR count). The maximum atomic E-state index is 12.8. The molecule has 2 aromatic rings. The first-order valence-electron chi connectivity index (χ1n) is 8.65. The van der Waals surface area contributed by atoms with Crippen molar-refractivity contribution >= 4 is 34.0 Å². The van der Waals surface area contributed by atoms with E-state index >= 15 is 0 Å². The van der Waals surface area contributed by atoms with E-state index < -0.39 is 10.0 Å². The lowest BCUT2D eigenvalue weighted by Gasteiger charge is -2.24. The van der Waals surface area contributed by atoms with Crippen molar-refractivity contribution in [2.24, 2.45) is 0 Å². The van der Waals surface area contributed by atoms with E-state index in [0.717, 1.165) is 25.9 Å². The molecule has 1 amide bonds. The van der Waals surface area contributed by atoms with Crippen molar-refractivity contribution in [2.75, 3.05) is 24.9 Å². The molecule has 0 spiro atoms. The Hall–Kier alpha value is -2.09. The van der Waals surface area contributed by atoms with Gasteiger partial charge in [0.2, 0.25) is 0 Å². The summed E-state index contributed by atoms with van der Waals surface area (Å²) in [6.45, 7) is 1.48. The number of amides is 1. The molecule has 1 atom stereocenters. The summed E-state index contributed by atoms with van der Waals surface area (Å²) in [5.41, 5.74) is 0.866. The highest BCUT2D eigenvalue weighted by atomic mass is 35.5. The summed E-state index contributed by atoms with van der Waals surface area (Å²) < 4.78 is 27.5. The Morgan fingerprint density at radius 3 is 2.59 bits per heavy atom. The van der Waals surface area contributed by atoms with Crippen LogP contribution in [0.2, 0.25) is 0 Å². The van der Waals surface area contributed by atoms with Gasteiger partial charge in [-0.15, -0.1) is 12.4 Å². The minimum absolute atomic E-state index is 0. The van der Waals surface area contributed by atoms with Crippen molar-refractivity contribution in [3.8, 4) is 0 Å². The zero-order valence-electron chi connectivity index (χ0n) is 15.1. The molecular formula is C19H24ClN3O3S. The van der Waals surface area contributed by atoms with E-state index in [4.69, 9.17) is 0 Å². The Morgan fingerprint density at radius 1 is 1.15 bits per heavy atom. The van der Waals surface area contributed by atoms with Crippen molar-refractivity contribution in [2.45, 2.75) is 23.8 Å². The topological polar surface area (TPSA) is 78.5 Å². The zero-order valence-corrected chi connectivity index (χ0v) is 16.7. The van der Waals surface area contributed by atoms with Crippen molar-refractivity contribution < 1.29 is 13.2 Å². The SMILES string of the molecule is CNCC1CCCN1C(=O)c1cccc(NS(=O)(=O)c2ccccc2)c1.Cl. The summed E-state index contributed by atoms with van der Waals surface area (Å²) in [4.78, 5) is 14.9. The highest BCUT2D eigenvalue weighted by Gasteiger charge is 2.29. The van der Waals surface area contributed by atoms with Crippen molar-refractivity contribution in [3.05, 3.63) is 60.2 Å². The van der Waals surface area contributed by atoms with Gasteiger partial charge in [0, 0.05) is 30.4 Å². The van der Waals surface area contributed by atoms with Gasteiger partial charge in [0.25, 0.3) is 15.9 Å². The lowest BCUT2D eigenvalue weighted by atomic mass is 10.1. The molecule has 1 aliphatic rings. The number of anilines is 1. The first-order valence-corrected chi connectivity index (χ1v) is 10.1. The molecule has 6 nitrogen and oxygen atoms in total. The molecule has 0 aromatic heterocycles. The van der Waals surface area contributed by atoms with Crippen LogP contribution in [0, 0.1) is 0 Å². The van der Waals surface area contributed by atoms with E-state index in [0.29, 0.717) is 11.3 Å². The van der Waals surface area contributed by atoms with Gasteiger partial charge in [-0.05, 0) is 50.2 Å². The van der Waals surface area contributed by atoms with Gasteiger partial charge < -0.3 is 10.2 Å². The first kappa shape index (κ1) is 21.2. The van der Waals surface area contributed by atoms with Gasteiger partial charge in [0.15, 0.2) is 0 Å². The van der Waals surface area contributed by atoms with Crippen molar-refractivity contribution in [1.82, 2.24) is 10.2 Å². The fourth-order valence-corrected chi connectivity index (χ4v) is 4.32. The summed E-state index contributed by atoms with van der Waals surface area (Å²) in [6, 6.07) is 15.0. The number of carbonyl (C=O) groups is 1. The molecule has 0 radical (unpaired) electrons. The Morgan fingerprint density at radius 2 is 1.89 bits per heavy atom. The van der Waals surface area contributed by atoms with Crippen LogP contribution >= 0.6 is 12.4 Å². The summed E-state index contributed by atoms with van der Waals surface area (Å²) in [5, 5.41) is 3.12. The normalized spacial score (nSPS) is 16.6. The van der Waals surface area contributed by atoms with E-state index in [-0.39, 0.29) is 29.3 Å². The number of hydrogen-bond donors (Lipinski definition) is 2. The van der Waals surface area contributed by atoms with Crippen LogP contribution in [0.1, 0.15) is 23.2 Å². The maximum Gasteiger partial charge on any atom is 0.261 e. The highest BCUT2D eigenvalue weighted by Crippen LogP contribution is 2.22. The minimum Gasteiger partial charge on any atom is -0.334 e. The smallest absolute Gasteiger partial charge is 0.261 e. The van der Waals surface area contributed by atoms with Gasteiger partial charge in [-0.25, -0.2) is 8.42 Å². The van der Waals surface area contributed by atoms with Gasteiger partial charge in [-0.3, -0.25) is 9.52 Å². The second-order valence-corrected chi connectivity index (χ2v) is 8.03. The summed E-state index contributed by atoms with van der Waals surface area (Å²) in [5.74, 6) is -0.0662. The molecule has 0 bridgehead atoms. The van der Waals surface area contributed by atoms with Crippen LogP contribution in [0.25, 0.3) is 0 Å². The number of rotatable bonds is 6. The summed E-state index contributed by atoms with van der Waals surface area (Å²) >= 11 is 0. The molecule has 1 fully saturated rings. The van der Waals surface area contributed by atoms with E-state index in [1.54, 1.807) is 42.5 Å². The standard InChI is InChI=1S/C19H23N3O3S.ClH/c1-20-14-17-9-6-12-22(17)19(23)15-7-5-8-16(13-15)21-26(24,25)18-10-3-2-4-11-18;/h2-5,7-8,10-11,13,17,20-21H,6,9,12,14H2,1H3;1H. The van der Waals surface area contributed by atoms with Crippen LogP contribution in [-0.2, 0) is 10.0 Å². The number of nitrogens with one attached hydrogen (secondary N) is 2. The van der Waals surface area contributed by atoms with Crippen LogP contribution in [-0.4, -0.2) is 45.4 Å². The number of carbonyl (C=O) groups excluding carboxylic acids is 1. The minimum atomic E-state index is -3.68. The number of halogens is 1. The quantitative estimate of drug-likeness (QED) is 0.768. The number of hydrogen-bond acceptors (Lipinski definition) is 4. The number of likely N-dealkylation sites (N-methyl/N-ethyl adjacent to an activating group) is 1. The maximum absolute atomic E-state index is 12.8. The van der Waals surface area contributed by atoms with Crippen LogP contribution in [0.3, 0.4) is 0 Å². The average Bonchev–Trinajstić information content (AvgIpc) is 3.10. The van der Waals surface area contributed by atoms with Gasteiger partial charge >= 0.3 is 0 Å². The van der Waals surface area contributed by atoms with Crippen molar-refractivity contribution in [3.63, 3.8) is 0 Å². The van der Waals surface area contributed by atoms with E-state index in [2.05, 4.69) is 10.0 Å². The molecule has 0 saturated carbocycles. The number of benzene rings is 2. The zero-order chi connectivity index (χ0) is 18.6. The van der Waals surface area contributed by atoms with E-state index in [9.17, 15) is 13.2 Å². The predicted octanol–water partition coefficient (Wildman–Crippen LogP) is 2.73. The Bertz CT molecular complexity index is 875. The van der Waals surface area contributed by atoms with Crippen LogP contribution < -0.4 is 10.0 Å². The first-order chi connectivity index (χ1) is 12.5. The summed E-state index contributed by atoms with van der Waals surface area (Å²) in [7, 11) is -1.80. The molecule has 0 aliphatic carbocycles. The lowest BCUT2D eigenvalue weighted by molar-refractivity contribution is 0.0737. The van der Waals surface area contributed by atoms with Gasteiger partial charge in [0.05, 0.1) is 4.90 Å². The van der Waals surface area contributed by atoms with Gasteiger partial charge in [-0.2, -0.15) is 0 Å². The van der Waals surface area contributed by atoms with Crippen LogP contribution in [0.15, 0.2) is 59.5 Å². The third kappa shape index (κ3) is 5.00. The molecule has 8 heteroatoms. The predicted molar refractivity (Wildman–Crippen MR) is 109 cm³/mol. The van der Waals surface area contributed by atoms with Crippen LogP contribution in [0.4, 0.5) is 5.69 Å². The van der Waals surface area contributed by atoms with Gasteiger partial charge in [-0.1, -0.05) is 24.3 Å². The largest absolute Gasteiger partial charge is 0.334 e. The molecule has 2 N–H and O–H groups in total. The molecule has 2 aromatic carbocycles. The average molecular weight is 410 g/mol. The molecular weight excluding hydrogens is 386 g/mol. The highest BCUT2D eigenvalue weighted by molar-refractivity contribution is 7.92. The fraction of sp³-hybridized carbons (Fsp3) is 0.316. The number of likely N-dealkylation sites (tertiary alicyclic amines) is 1. The number of nitrogens with zero attached hydrogens (tertiary/aromatic N) is 1. The van der Waals surface area contributed by atoms with E-state index in [1.165, 1.54) is 12.1 Å². The molecule has 1 unspecified atom stereocenters. The monoisotopic (exact) mass is 409 g/mol.